The van der Waals surface area contributed by atoms with Crippen molar-refractivity contribution in [2.45, 2.75) is 45.3 Å². The predicted molar refractivity (Wildman–Crippen MR) is 102 cm³/mol. The molecule has 1 saturated heterocycles. The van der Waals surface area contributed by atoms with Crippen LogP contribution < -0.4 is 16.2 Å². The number of halogens is 2. The number of anilines is 1. The van der Waals surface area contributed by atoms with Crippen LogP contribution >= 0.6 is 0 Å². The van der Waals surface area contributed by atoms with Crippen molar-refractivity contribution < 1.29 is 18.3 Å². The first-order valence-corrected chi connectivity index (χ1v) is 9.53. The molecule has 6 nitrogen and oxygen atoms in total. The van der Waals surface area contributed by atoms with Crippen LogP contribution in [0, 0.1) is 24.5 Å². The van der Waals surface area contributed by atoms with Crippen molar-refractivity contribution in [2.75, 3.05) is 18.0 Å². The van der Waals surface area contributed by atoms with E-state index in [1.54, 1.807) is 23.3 Å². The average molecular weight is 391 g/mol. The van der Waals surface area contributed by atoms with Crippen LogP contribution in [-0.2, 0) is 4.74 Å². The van der Waals surface area contributed by atoms with Crippen LogP contribution in [0.4, 0.5) is 19.3 Å². The van der Waals surface area contributed by atoms with Crippen LogP contribution in [-0.4, -0.2) is 29.9 Å². The minimum absolute atomic E-state index is 0.0357. The van der Waals surface area contributed by atoms with Crippen molar-refractivity contribution in [1.29, 1.82) is 0 Å². The monoisotopic (exact) mass is 391 g/mol. The molecular weight excluding hydrogens is 368 g/mol. The Balaban J connectivity index is 1.79. The Kier molecular flexibility index (Phi) is 4.51. The summed E-state index contributed by atoms with van der Waals surface area (Å²) < 4.78 is 36.6. The van der Waals surface area contributed by atoms with Crippen LogP contribution in [0.2, 0.25) is 0 Å². The van der Waals surface area contributed by atoms with Crippen LogP contribution in [0.3, 0.4) is 0 Å². The maximum Gasteiger partial charge on any atom is 0.404 e. The summed E-state index contributed by atoms with van der Waals surface area (Å²) in [6.07, 6.45) is 1.12. The zero-order valence-electron chi connectivity index (χ0n) is 15.9. The molecule has 2 heterocycles. The van der Waals surface area contributed by atoms with Crippen molar-refractivity contribution >= 4 is 22.7 Å². The molecule has 2 aliphatic rings. The number of rotatable bonds is 4. The van der Waals surface area contributed by atoms with Gasteiger partial charge in [0.15, 0.2) is 11.6 Å². The molecule has 1 aromatic carbocycles. The fourth-order valence-corrected chi connectivity index (χ4v) is 4.34. The second-order valence-electron chi connectivity index (χ2n) is 7.77. The molecule has 4 rings (SSSR count). The molecule has 0 radical (unpaired) electrons. The summed E-state index contributed by atoms with van der Waals surface area (Å²) in [5.74, 6) is -1.88. The van der Waals surface area contributed by atoms with Gasteiger partial charge in [0.2, 0.25) is 0 Å². The molecule has 0 spiro atoms. The largest absolute Gasteiger partial charge is 0.446 e. The number of aromatic nitrogens is 1. The van der Waals surface area contributed by atoms with E-state index in [4.69, 9.17) is 10.5 Å². The van der Waals surface area contributed by atoms with Gasteiger partial charge in [-0.3, -0.25) is 4.79 Å². The zero-order valence-corrected chi connectivity index (χ0v) is 15.9. The number of ether oxygens (including phenoxy) is 1. The quantitative estimate of drug-likeness (QED) is 0.868. The molecule has 28 heavy (non-hydrogen) atoms. The third-order valence-electron chi connectivity index (χ3n) is 5.89. The van der Waals surface area contributed by atoms with E-state index < -0.39 is 23.8 Å². The maximum atomic E-state index is 15.0. The molecule has 150 valence electrons. The van der Waals surface area contributed by atoms with Crippen LogP contribution in [0.25, 0.3) is 10.9 Å². The first kappa shape index (κ1) is 18.7. The lowest BCUT2D eigenvalue weighted by Gasteiger charge is -2.25. The Morgan fingerprint density at radius 1 is 1.25 bits per heavy atom. The fraction of sp³-hybridized carbons (Fsp3) is 0.500. The van der Waals surface area contributed by atoms with E-state index in [0.29, 0.717) is 30.6 Å². The average Bonchev–Trinajstić information content (AvgIpc) is 3.35. The fourth-order valence-electron chi connectivity index (χ4n) is 4.34. The first-order chi connectivity index (χ1) is 13.3. The van der Waals surface area contributed by atoms with Gasteiger partial charge in [-0.15, -0.1) is 0 Å². The molecule has 0 bridgehead atoms. The third kappa shape index (κ3) is 3.00. The number of primary amides is 1. The number of nitrogens with zero attached hydrogens (tertiary/aromatic N) is 2. The zero-order chi connectivity index (χ0) is 20.2. The van der Waals surface area contributed by atoms with E-state index in [0.717, 1.165) is 12.8 Å². The summed E-state index contributed by atoms with van der Waals surface area (Å²) in [4.78, 5) is 25.2. The molecule has 1 unspecified atom stereocenters. The first-order valence-electron chi connectivity index (χ1n) is 9.53. The van der Waals surface area contributed by atoms with Crippen LogP contribution in [0.15, 0.2) is 16.9 Å². The Morgan fingerprint density at radius 2 is 1.96 bits per heavy atom. The highest BCUT2D eigenvalue weighted by atomic mass is 19.2. The Morgan fingerprint density at radius 3 is 2.61 bits per heavy atom. The molecule has 2 N–H and O–H groups in total. The molecule has 1 aromatic heterocycles. The molecule has 8 heteroatoms. The number of hydrogen-bond donors (Lipinski definition) is 1. The van der Waals surface area contributed by atoms with Crippen molar-refractivity contribution in [3.8, 4) is 0 Å². The van der Waals surface area contributed by atoms with Gasteiger partial charge in [0.05, 0.1) is 11.2 Å². The lowest BCUT2D eigenvalue weighted by Crippen LogP contribution is -2.30. The van der Waals surface area contributed by atoms with Crippen LogP contribution in [0.5, 0.6) is 0 Å². The van der Waals surface area contributed by atoms with Crippen LogP contribution in [0.1, 0.15) is 37.8 Å². The minimum atomic E-state index is -0.935. The van der Waals surface area contributed by atoms with Gasteiger partial charge in [0.25, 0.3) is 5.56 Å². The molecule has 1 saturated carbocycles. The maximum absolute atomic E-state index is 15.0. The highest BCUT2D eigenvalue weighted by Gasteiger charge is 2.34. The van der Waals surface area contributed by atoms with Gasteiger partial charge >= 0.3 is 6.09 Å². The van der Waals surface area contributed by atoms with E-state index in [2.05, 4.69) is 0 Å². The standard InChI is InChI=1S/C20H23F2N3O3/c1-10-18-14(5-6-15(26)25(18)13-3-4-13)16(21)17(22)19(10)24-8-7-12(9-24)11(2)28-20(23)27/h5-6,11-13H,3-4,7-9H2,1-2H3,(H2,23,27)/t11-,12?/m0/s1. The summed E-state index contributed by atoms with van der Waals surface area (Å²) in [5.41, 5.74) is 6.09. The van der Waals surface area contributed by atoms with Gasteiger partial charge < -0.3 is 19.9 Å². The van der Waals surface area contributed by atoms with Gasteiger partial charge in [-0.2, -0.15) is 0 Å². The highest BCUT2D eigenvalue weighted by Crippen LogP contribution is 2.41. The number of carbonyl (C=O) groups excluding carboxylic acids is 1. The van der Waals surface area contributed by atoms with E-state index in [1.807, 2.05) is 0 Å². The van der Waals surface area contributed by atoms with Crippen molar-refractivity contribution in [2.24, 2.45) is 11.7 Å². The van der Waals surface area contributed by atoms with Gasteiger partial charge in [-0.05, 0) is 44.7 Å². The Hall–Kier alpha value is -2.64. The second kappa shape index (κ2) is 6.76. The lowest BCUT2D eigenvalue weighted by molar-refractivity contribution is 0.0860. The number of nitrogens with two attached hydrogens (primary N) is 1. The summed E-state index contributed by atoms with van der Waals surface area (Å²) in [5, 5.41) is 0.131. The summed E-state index contributed by atoms with van der Waals surface area (Å²) in [6, 6.07) is 2.71. The molecule has 1 aliphatic carbocycles. The second-order valence-corrected chi connectivity index (χ2v) is 7.77. The topological polar surface area (TPSA) is 77.6 Å². The van der Waals surface area contributed by atoms with E-state index in [9.17, 15) is 14.0 Å². The Bertz CT molecular complexity index is 1020. The molecular formula is C20H23F2N3O3. The molecule has 1 amide bonds. The number of aryl methyl sites for hydroxylation is 1. The van der Waals surface area contributed by atoms with Gasteiger partial charge in [0, 0.05) is 36.5 Å². The minimum Gasteiger partial charge on any atom is -0.446 e. The Labute approximate surface area is 160 Å². The highest BCUT2D eigenvalue weighted by molar-refractivity contribution is 5.88. The summed E-state index contributed by atoms with van der Waals surface area (Å²) in [6.45, 7) is 4.39. The third-order valence-corrected chi connectivity index (χ3v) is 5.89. The molecule has 1 aliphatic heterocycles. The normalized spacial score (nSPS) is 20.6. The van der Waals surface area contributed by atoms with Crippen molar-refractivity contribution in [3.63, 3.8) is 0 Å². The van der Waals surface area contributed by atoms with Gasteiger partial charge in [-0.1, -0.05) is 0 Å². The smallest absolute Gasteiger partial charge is 0.404 e. The SMILES string of the molecule is Cc1c(N2CCC([C@H](C)OC(N)=O)C2)c(F)c(F)c2ccc(=O)n(C3CC3)c12. The molecule has 2 aromatic rings. The number of hydrogen-bond acceptors (Lipinski definition) is 4. The van der Waals surface area contributed by atoms with E-state index in [1.165, 1.54) is 12.1 Å². The summed E-state index contributed by atoms with van der Waals surface area (Å²) in [7, 11) is 0. The predicted octanol–water partition coefficient (Wildman–Crippen LogP) is 3.23. The number of benzene rings is 1. The number of pyridine rings is 1. The lowest BCUT2D eigenvalue weighted by atomic mass is 10.0. The van der Waals surface area contributed by atoms with Gasteiger partial charge in [0.1, 0.15) is 6.10 Å². The number of fused-ring (bicyclic) bond motifs is 1. The molecule has 2 atom stereocenters. The molecule has 2 fully saturated rings. The van der Waals surface area contributed by atoms with Gasteiger partial charge in [-0.25, -0.2) is 13.6 Å². The van der Waals surface area contributed by atoms with E-state index in [-0.39, 0.29) is 28.6 Å². The van der Waals surface area contributed by atoms with Crippen molar-refractivity contribution in [3.05, 3.63) is 39.7 Å². The van der Waals surface area contributed by atoms with E-state index >= 15 is 4.39 Å². The van der Waals surface area contributed by atoms with Crippen molar-refractivity contribution in [1.82, 2.24) is 4.57 Å². The summed E-state index contributed by atoms with van der Waals surface area (Å²) >= 11 is 0. The number of carbonyl (C=O) groups is 1. The number of amides is 1.